The summed E-state index contributed by atoms with van der Waals surface area (Å²) in [6.45, 7) is 8.63. The van der Waals surface area contributed by atoms with Crippen LogP contribution in [0.3, 0.4) is 0 Å². The Balaban J connectivity index is 2.82. The molecule has 23 heavy (non-hydrogen) atoms. The summed E-state index contributed by atoms with van der Waals surface area (Å²) in [7, 11) is 0. The monoisotopic (exact) mass is 315 g/mol. The molecule has 1 aromatic rings. The van der Waals surface area contributed by atoms with Crippen LogP contribution < -0.4 is 4.74 Å². The molecule has 0 aromatic heterocycles. The lowest BCUT2D eigenvalue weighted by Gasteiger charge is -2.13. The van der Waals surface area contributed by atoms with Crippen molar-refractivity contribution in [1.82, 2.24) is 0 Å². The topological polar surface area (TPSA) is 72.6 Å². The van der Waals surface area contributed by atoms with Crippen molar-refractivity contribution in [3.05, 3.63) is 87.9 Å². The number of ether oxygens (including phenoxy) is 1. The Hall–Kier alpha value is -2.66. The van der Waals surface area contributed by atoms with Crippen molar-refractivity contribution in [2.24, 2.45) is 0 Å². The molecule has 1 rings (SSSR count). The van der Waals surface area contributed by atoms with Crippen LogP contribution in [0.2, 0.25) is 0 Å². The Labute approximate surface area is 136 Å². The van der Waals surface area contributed by atoms with Crippen LogP contribution in [-0.4, -0.2) is 10.0 Å². The highest BCUT2D eigenvalue weighted by atomic mass is 16.6. The summed E-state index contributed by atoms with van der Waals surface area (Å²) in [5, 5.41) is 20.7. The van der Waals surface area contributed by atoms with Gasteiger partial charge in [-0.3, -0.25) is 10.1 Å². The predicted molar refractivity (Wildman–Crippen MR) is 90.5 cm³/mol. The van der Waals surface area contributed by atoms with Gasteiger partial charge in [0, 0.05) is 13.0 Å². The van der Waals surface area contributed by atoms with E-state index in [-0.39, 0.29) is 5.70 Å². The molecule has 0 amide bonds. The third-order valence-corrected chi connectivity index (χ3v) is 3.21. The van der Waals surface area contributed by atoms with Crippen LogP contribution in [0.25, 0.3) is 0 Å². The third-order valence-electron chi connectivity index (χ3n) is 3.21. The summed E-state index contributed by atoms with van der Waals surface area (Å²) < 4.78 is 5.57. The standard InChI is InChI=1S/C18H21NO4/c1-5-15(6-2)18(20)16-9-11-17(12-10-16)23-14(4)8-7-13(3)19(21)22/h5-12,18,20H,1H2,2-4H3/b13-7+,14-8+,15-6+. The highest BCUT2D eigenvalue weighted by Gasteiger charge is 2.10. The molecule has 0 heterocycles. The largest absolute Gasteiger partial charge is 0.462 e. The van der Waals surface area contributed by atoms with Crippen molar-refractivity contribution in [2.45, 2.75) is 26.9 Å². The molecule has 1 atom stereocenters. The fourth-order valence-electron chi connectivity index (χ4n) is 1.82. The first-order valence-corrected chi connectivity index (χ1v) is 7.13. The maximum absolute atomic E-state index is 10.5. The van der Waals surface area contributed by atoms with E-state index in [1.54, 1.807) is 43.3 Å². The van der Waals surface area contributed by atoms with Crippen LogP contribution in [0.5, 0.6) is 5.75 Å². The molecule has 1 aromatic carbocycles. The average Bonchev–Trinajstić information content (AvgIpc) is 2.54. The number of allylic oxidation sites excluding steroid dienone is 5. The van der Waals surface area contributed by atoms with Crippen LogP contribution >= 0.6 is 0 Å². The predicted octanol–water partition coefficient (Wildman–Crippen LogP) is 4.32. The number of benzene rings is 1. The highest BCUT2D eigenvalue weighted by Crippen LogP contribution is 2.24. The van der Waals surface area contributed by atoms with Gasteiger partial charge in [0.25, 0.3) is 0 Å². The minimum Gasteiger partial charge on any atom is -0.462 e. The first kappa shape index (κ1) is 18.4. The fourth-order valence-corrected chi connectivity index (χ4v) is 1.82. The van der Waals surface area contributed by atoms with Gasteiger partial charge in [0.15, 0.2) is 0 Å². The molecule has 1 N–H and O–H groups in total. The van der Waals surface area contributed by atoms with Crippen molar-refractivity contribution >= 4 is 0 Å². The van der Waals surface area contributed by atoms with Gasteiger partial charge in [-0.25, -0.2) is 0 Å². The zero-order valence-corrected chi connectivity index (χ0v) is 13.5. The maximum Gasteiger partial charge on any atom is 0.243 e. The van der Waals surface area contributed by atoms with E-state index in [1.807, 2.05) is 6.92 Å². The molecule has 1 unspecified atom stereocenters. The third kappa shape index (κ3) is 5.56. The van der Waals surface area contributed by atoms with Gasteiger partial charge in [0.1, 0.15) is 17.6 Å². The molecule has 5 heteroatoms. The first-order chi connectivity index (χ1) is 10.9. The van der Waals surface area contributed by atoms with Crippen molar-refractivity contribution in [3.8, 4) is 5.75 Å². The molecule has 0 saturated carbocycles. The summed E-state index contributed by atoms with van der Waals surface area (Å²) in [4.78, 5) is 10.0. The number of aliphatic hydroxyl groups excluding tert-OH is 1. The van der Waals surface area contributed by atoms with Gasteiger partial charge in [0.05, 0.1) is 4.92 Å². The molecular weight excluding hydrogens is 294 g/mol. The quantitative estimate of drug-likeness (QED) is 0.352. The van der Waals surface area contributed by atoms with Gasteiger partial charge in [-0.05, 0) is 43.2 Å². The normalized spacial score (nSPS) is 14.3. The highest BCUT2D eigenvalue weighted by molar-refractivity contribution is 5.35. The Bertz CT molecular complexity index is 654. The minimum atomic E-state index is -0.728. The summed E-state index contributed by atoms with van der Waals surface area (Å²) in [5.41, 5.74) is 1.50. The zero-order chi connectivity index (χ0) is 17.4. The lowest BCUT2D eigenvalue weighted by atomic mass is 10.0. The van der Waals surface area contributed by atoms with E-state index in [2.05, 4.69) is 6.58 Å². The number of hydrogen-bond donors (Lipinski definition) is 1. The van der Waals surface area contributed by atoms with E-state index >= 15 is 0 Å². The van der Waals surface area contributed by atoms with E-state index in [4.69, 9.17) is 4.74 Å². The fraction of sp³-hybridized carbons (Fsp3) is 0.222. The Morgan fingerprint density at radius 1 is 1.30 bits per heavy atom. The van der Waals surface area contributed by atoms with Gasteiger partial charge < -0.3 is 9.84 Å². The van der Waals surface area contributed by atoms with Crippen molar-refractivity contribution in [3.63, 3.8) is 0 Å². The molecule has 0 fully saturated rings. The van der Waals surface area contributed by atoms with Gasteiger partial charge in [-0.15, -0.1) is 0 Å². The molecule has 0 radical (unpaired) electrons. The number of rotatable bonds is 7. The lowest BCUT2D eigenvalue weighted by Crippen LogP contribution is -1.99. The van der Waals surface area contributed by atoms with E-state index in [0.717, 1.165) is 11.1 Å². The Kier molecular flexibility index (Phi) is 6.96. The van der Waals surface area contributed by atoms with Gasteiger partial charge >= 0.3 is 0 Å². The second-order valence-electron chi connectivity index (χ2n) is 4.91. The van der Waals surface area contributed by atoms with E-state index in [0.29, 0.717) is 11.5 Å². The zero-order valence-electron chi connectivity index (χ0n) is 13.5. The molecule has 122 valence electrons. The van der Waals surface area contributed by atoms with Crippen LogP contribution in [-0.2, 0) is 0 Å². The molecule has 0 spiro atoms. The molecule has 0 saturated heterocycles. The molecule has 5 nitrogen and oxygen atoms in total. The Morgan fingerprint density at radius 2 is 1.91 bits per heavy atom. The summed E-state index contributed by atoms with van der Waals surface area (Å²) in [5.74, 6) is 1.11. The second-order valence-corrected chi connectivity index (χ2v) is 4.91. The number of hydrogen-bond acceptors (Lipinski definition) is 4. The molecule has 0 aliphatic carbocycles. The number of aliphatic hydroxyl groups is 1. The van der Waals surface area contributed by atoms with Gasteiger partial charge in [-0.2, -0.15) is 0 Å². The van der Waals surface area contributed by atoms with Crippen LogP contribution in [0.1, 0.15) is 32.4 Å². The Morgan fingerprint density at radius 3 is 2.39 bits per heavy atom. The van der Waals surface area contributed by atoms with Crippen LogP contribution in [0.4, 0.5) is 0 Å². The minimum absolute atomic E-state index is 0.0368. The maximum atomic E-state index is 10.5. The summed E-state index contributed by atoms with van der Waals surface area (Å²) in [6, 6.07) is 6.99. The smallest absolute Gasteiger partial charge is 0.243 e. The van der Waals surface area contributed by atoms with E-state index in [1.165, 1.54) is 19.1 Å². The lowest BCUT2D eigenvalue weighted by molar-refractivity contribution is -0.424. The van der Waals surface area contributed by atoms with E-state index in [9.17, 15) is 15.2 Å². The van der Waals surface area contributed by atoms with Crippen molar-refractivity contribution < 1.29 is 14.8 Å². The second kappa shape index (κ2) is 8.70. The number of nitrogens with zero attached hydrogens (tertiary/aromatic N) is 1. The first-order valence-electron chi connectivity index (χ1n) is 7.13. The van der Waals surface area contributed by atoms with Crippen LogP contribution in [0, 0.1) is 10.1 Å². The van der Waals surface area contributed by atoms with Crippen molar-refractivity contribution in [2.75, 3.05) is 0 Å². The van der Waals surface area contributed by atoms with Crippen molar-refractivity contribution in [1.29, 1.82) is 0 Å². The van der Waals surface area contributed by atoms with Gasteiger partial charge in [0.2, 0.25) is 5.70 Å². The SMILES string of the molecule is C=C/C(=C\C)C(O)c1ccc(O/C(C)=C/C=C(\C)[N+](=O)[O-])cc1. The average molecular weight is 315 g/mol. The van der Waals surface area contributed by atoms with Gasteiger partial charge in [-0.1, -0.05) is 30.9 Å². The summed E-state index contributed by atoms with van der Waals surface area (Å²) in [6.07, 6.45) is 5.62. The number of nitro groups is 1. The van der Waals surface area contributed by atoms with E-state index < -0.39 is 11.0 Å². The summed E-state index contributed by atoms with van der Waals surface area (Å²) >= 11 is 0. The molecular formula is C18H21NO4. The molecule has 0 bridgehead atoms. The van der Waals surface area contributed by atoms with Crippen LogP contribution in [0.15, 0.2) is 72.2 Å². The molecule has 0 aliphatic heterocycles. The molecule has 0 aliphatic rings.